The fourth-order valence-corrected chi connectivity index (χ4v) is 1.66. The van der Waals surface area contributed by atoms with Crippen LogP contribution in [-0.4, -0.2) is 17.7 Å². The molecule has 0 aliphatic carbocycles. The highest BCUT2D eigenvalue weighted by molar-refractivity contribution is 6.19. The molecule has 0 aromatic heterocycles. The molecule has 0 amide bonds. The number of ether oxygens (including phenoxy) is 2. The molecule has 1 aromatic rings. The highest BCUT2D eigenvalue weighted by atomic mass is 16.7. The van der Waals surface area contributed by atoms with Crippen molar-refractivity contribution in [1.82, 2.24) is 0 Å². The summed E-state index contributed by atoms with van der Waals surface area (Å²) >= 11 is 0. The summed E-state index contributed by atoms with van der Waals surface area (Å²) in [7, 11) is 0. The Labute approximate surface area is 110 Å². The quantitative estimate of drug-likeness (QED) is 0.435. The van der Waals surface area contributed by atoms with E-state index >= 15 is 0 Å². The van der Waals surface area contributed by atoms with Crippen LogP contribution in [0.5, 0.6) is 0 Å². The van der Waals surface area contributed by atoms with E-state index in [1.165, 1.54) is 19.9 Å². The van der Waals surface area contributed by atoms with Gasteiger partial charge in [0.15, 0.2) is 0 Å². The lowest BCUT2D eigenvalue weighted by atomic mass is 10.0. The first-order chi connectivity index (χ1) is 8.93. The molecule has 0 bridgehead atoms. The van der Waals surface area contributed by atoms with E-state index in [1.54, 1.807) is 24.3 Å². The largest absolute Gasteiger partial charge is 0.419 e. The summed E-state index contributed by atoms with van der Waals surface area (Å²) in [5, 5.41) is 8.95. The number of nitriles is 1. The van der Waals surface area contributed by atoms with Gasteiger partial charge in [0.25, 0.3) is 5.79 Å². The van der Waals surface area contributed by atoms with E-state index in [2.05, 4.69) is 0 Å². The van der Waals surface area contributed by atoms with Gasteiger partial charge in [-0.15, -0.1) is 0 Å². The van der Waals surface area contributed by atoms with Gasteiger partial charge in [0.1, 0.15) is 5.57 Å². The predicted octanol–water partition coefficient (Wildman–Crippen LogP) is 1.78. The number of rotatable bonds is 1. The Morgan fingerprint density at radius 1 is 1.16 bits per heavy atom. The molecule has 0 unspecified atom stereocenters. The second kappa shape index (κ2) is 4.58. The van der Waals surface area contributed by atoms with Crippen LogP contribution in [0.1, 0.15) is 25.0 Å². The first kappa shape index (κ1) is 12.8. The van der Waals surface area contributed by atoms with E-state index in [4.69, 9.17) is 14.7 Å². The number of esters is 2. The minimum atomic E-state index is -1.26. The van der Waals surface area contributed by atoms with Gasteiger partial charge in [0.2, 0.25) is 0 Å². The average Bonchev–Trinajstić information content (AvgIpc) is 2.33. The van der Waals surface area contributed by atoms with E-state index in [-0.39, 0.29) is 5.57 Å². The van der Waals surface area contributed by atoms with Crippen molar-refractivity contribution in [3.63, 3.8) is 0 Å². The first-order valence-corrected chi connectivity index (χ1v) is 5.60. The number of hydrogen-bond donors (Lipinski definition) is 0. The van der Waals surface area contributed by atoms with Gasteiger partial charge in [-0.2, -0.15) is 5.26 Å². The zero-order chi connectivity index (χ0) is 14.0. The van der Waals surface area contributed by atoms with Crippen molar-refractivity contribution in [2.45, 2.75) is 19.6 Å². The molecule has 1 aromatic carbocycles. The zero-order valence-corrected chi connectivity index (χ0v) is 10.5. The topological polar surface area (TPSA) is 76.4 Å². The van der Waals surface area contributed by atoms with Gasteiger partial charge in [-0.1, -0.05) is 18.2 Å². The molecule has 0 N–H and O–H groups in total. The summed E-state index contributed by atoms with van der Waals surface area (Å²) in [6.07, 6.45) is 1.30. The van der Waals surface area contributed by atoms with Gasteiger partial charge in [0.05, 0.1) is 11.6 Å². The van der Waals surface area contributed by atoms with Crippen LogP contribution in [0.15, 0.2) is 29.8 Å². The van der Waals surface area contributed by atoms with Crippen molar-refractivity contribution < 1.29 is 19.1 Å². The van der Waals surface area contributed by atoms with E-state index in [0.717, 1.165) is 0 Å². The summed E-state index contributed by atoms with van der Waals surface area (Å²) in [6.45, 7) is 2.95. The lowest BCUT2D eigenvalue weighted by molar-refractivity contribution is -0.222. The van der Waals surface area contributed by atoms with Gasteiger partial charge in [0, 0.05) is 13.8 Å². The second-order valence-corrected chi connectivity index (χ2v) is 4.44. The van der Waals surface area contributed by atoms with Gasteiger partial charge < -0.3 is 9.47 Å². The minimum Gasteiger partial charge on any atom is -0.419 e. The highest BCUT2D eigenvalue weighted by Crippen LogP contribution is 2.24. The van der Waals surface area contributed by atoms with Crippen molar-refractivity contribution in [1.29, 1.82) is 5.26 Å². The van der Waals surface area contributed by atoms with Crippen molar-refractivity contribution in [2.24, 2.45) is 0 Å². The standard InChI is InChI=1S/C14H11NO4/c1-14(2)18-12(16)11(13(17)19-14)7-9-5-3-4-6-10(9)8-15/h3-7H,1-2H3. The van der Waals surface area contributed by atoms with Crippen molar-refractivity contribution in [3.8, 4) is 6.07 Å². The predicted molar refractivity (Wildman–Crippen MR) is 65.4 cm³/mol. The normalized spacial score (nSPS) is 17.2. The maximum absolute atomic E-state index is 11.8. The molecule has 1 heterocycles. The summed E-state index contributed by atoms with van der Waals surface area (Å²) < 4.78 is 9.94. The molecule has 1 fully saturated rings. The van der Waals surface area contributed by atoms with Crippen LogP contribution in [0.4, 0.5) is 0 Å². The molecule has 0 atom stereocenters. The van der Waals surface area contributed by atoms with E-state index in [9.17, 15) is 9.59 Å². The lowest BCUT2D eigenvalue weighted by Crippen LogP contribution is -2.41. The van der Waals surface area contributed by atoms with Crippen molar-refractivity contribution >= 4 is 18.0 Å². The summed E-state index contributed by atoms with van der Waals surface area (Å²) in [4.78, 5) is 23.5. The third kappa shape index (κ3) is 2.63. The number of hydrogen-bond acceptors (Lipinski definition) is 5. The summed E-state index contributed by atoms with van der Waals surface area (Å²) in [5.74, 6) is -2.77. The van der Waals surface area contributed by atoms with Crippen LogP contribution in [0.25, 0.3) is 6.08 Å². The lowest BCUT2D eigenvalue weighted by Gasteiger charge is -2.29. The van der Waals surface area contributed by atoms with Crippen LogP contribution in [-0.2, 0) is 19.1 Å². The molecule has 19 heavy (non-hydrogen) atoms. The van der Waals surface area contributed by atoms with E-state index in [1.807, 2.05) is 6.07 Å². The van der Waals surface area contributed by atoms with Gasteiger partial charge in [-0.25, -0.2) is 9.59 Å². The van der Waals surface area contributed by atoms with E-state index < -0.39 is 17.7 Å². The zero-order valence-electron chi connectivity index (χ0n) is 10.5. The molecular weight excluding hydrogens is 246 g/mol. The molecule has 0 saturated carbocycles. The SMILES string of the molecule is CC1(C)OC(=O)C(=Cc2ccccc2C#N)C(=O)O1. The van der Waals surface area contributed by atoms with Gasteiger partial charge >= 0.3 is 11.9 Å². The monoisotopic (exact) mass is 257 g/mol. The molecule has 5 heteroatoms. The maximum Gasteiger partial charge on any atom is 0.348 e. The number of carbonyl (C=O) groups excluding carboxylic acids is 2. The number of cyclic esters (lactones) is 2. The fourth-order valence-electron chi connectivity index (χ4n) is 1.66. The number of nitrogens with zero attached hydrogens (tertiary/aromatic N) is 1. The van der Waals surface area contributed by atoms with Gasteiger partial charge in [-0.05, 0) is 17.7 Å². The Morgan fingerprint density at radius 2 is 1.74 bits per heavy atom. The smallest absolute Gasteiger partial charge is 0.348 e. The van der Waals surface area contributed by atoms with Crippen molar-refractivity contribution in [2.75, 3.05) is 0 Å². The Morgan fingerprint density at radius 3 is 2.32 bits per heavy atom. The molecular formula is C14H11NO4. The molecule has 5 nitrogen and oxygen atoms in total. The third-order valence-electron chi connectivity index (χ3n) is 2.50. The highest BCUT2D eigenvalue weighted by Gasteiger charge is 2.38. The fraction of sp³-hybridized carbons (Fsp3) is 0.214. The molecule has 1 aliphatic rings. The van der Waals surface area contributed by atoms with Crippen LogP contribution < -0.4 is 0 Å². The van der Waals surface area contributed by atoms with Gasteiger partial charge in [-0.3, -0.25) is 0 Å². The first-order valence-electron chi connectivity index (χ1n) is 5.60. The minimum absolute atomic E-state index is 0.220. The second-order valence-electron chi connectivity index (χ2n) is 4.44. The Bertz CT molecular complexity index is 601. The third-order valence-corrected chi connectivity index (χ3v) is 2.50. The Balaban J connectivity index is 2.42. The molecule has 96 valence electrons. The summed E-state index contributed by atoms with van der Waals surface area (Å²) in [6, 6.07) is 8.61. The Hall–Kier alpha value is -2.61. The van der Waals surface area contributed by atoms with Crippen LogP contribution in [0, 0.1) is 11.3 Å². The van der Waals surface area contributed by atoms with Crippen LogP contribution in [0.2, 0.25) is 0 Å². The van der Waals surface area contributed by atoms with Crippen LogP contribution >= 0.6 is 0 Å². The summed E-state index contributed by atoms with van der Waals surface area (Å²) in [5.41, 5.74) is 0.607. The number of carbonyl (C=O) groups is 2. The molecule has 1 aliphatic heterocycles. The Kier molecular flexibility index (Phi) is 3.09. The molecule has 1 saturated heterocycles. The molecule has 2 rings (SSSR count). The maximum atomic E-state index is 11.8. The van der Waals surface area contributed by atoms with E-state index in [0.29, 0.717) is 11.1 Å². The molecule has 0 spiro atoms. The average molecular weight is 257 g/mol. The van der Waals surface area contributed by atoms with Crippen molar-refractivity contribution in [3.05, 3.63) is 41.0 Å². The number of benzene rings is 1. The molecule has 0 radical (unpaired) electrons. The van der Waals surface area contributed by atoms with Crippen LogP contribution in [0.3, 0.4) is 0 Å².